The van der Waals surface area contributed by atoms with Gasteiger partial charge in [-0.1, -0.05) is 11.6 Å². The van der Waals surface area contributed by atoms with Crippen molar-refractivity contribution >= 4 is 40.5 Å². The molecule has 38 heavy (non-hydrogen) atoms. The number of aromatic nitrogens is 3. The Kier molecular flexibility index (Phi) is 7.87. The van der Waals surface area contributed by atoms with Gasteiger partial charge in [0.05, 0.1) is 22.5 Å². The number of aryl methyl sites for hydroxylation is 1. The first-order valence-corrected chi connectivity index (χ1v) is 12.7. The molecule has 0 unspecified atom stereocenters. The largest absolute Gasteiger partial charge is 0.444 e. The predicted octanol–water partition coefficient (Wildman–Crippen LogP) is 6.39. The second-order valence-corrected chi connectivity index (χ2v) is 10.7. The van der Waals surface area contributed by atoms with E-state index in [1.807, 2.05) is 25.3 Å². The van der Waals surface area contributed by atoms with Gasteiger partial charge in [0.25, 0.3) is 5.91 Å². The van der Waals surface area contributed by atoms with Crippen molar-refractivity contribution in [3.8, 4) is 0 Å². The number of benzene rings is 1. The average molecular weight is 552 g/mol. The number of nitrogens with zero attached hydrogens (tertiary/aromatic N) is 4. The second-order valence-electron chi connectivity index (χ2n) is 10.3. The molecule has 12 heteroatoms. The van der Waals surface area contributed by atoms with E-state index in [9.17, 15) is 22.8 Å². The first-order valence-electron chi connectivity index (χ1n) is 12.3. The number of halogens is 4. The topological polar surface area (TPSA) is 89.4 Å². The lowest BCUT2D eigenvalue weighted by molar-refractivity contribution is -0.137. The Morgan fingerprint density at radius 3 is 2.37 bits per heavy atom. The fourth-order valence-corrected chi connectivity index (χ4v) is 4.56. The number of piperidine rings is 1. The fourth-order valence-electron chi connectivity index (χ4n) is 4.29. The molecule has 0 saturated carbocycles. The second kappa shape index (κ2) is 10.8. The number of imidazole rings is 1. The minimum atomic E-state index is -4.46. The van der Waals surface area contributed by atoms with Gasteiger partial charge >= 0.3 is 12.3 Å². The van der Waals surface area contributed by atoms with Gasteiger partial charge in [-0.15, -0.1) is 0 Å². The number of pyridine rings is 1. The molecule has 3 heterocycles. The van der Waals surface area contributed by atoms with Gasteiger partial charge in [0.15, 0.2) is 5.65 Å². The normalized spacial score (nSPS) is 15.1. The van der Waals surface area contributed by atoms with E-state index in [0.29, 0.717) is 36.7 Å². The minimum Gasteiger partial charge on any atom is -0.444 e. The molecule has 0 radical (unpaired) electrons. The zero-order valence-corrected chi connectivity index (χ0v) is 22.1. The molecule has 3 aromatic rings. The third-order valence-corrected chi connectivity index (χ3v) is 6.71. The molecule has 1 fully saturated rings. The van der Waals surface area contributed by atoms with Crippen LogP contribution in [0.2, 0.25) is 5.02 Å². The predicted molar refractivity (Wildman–Crippen MR) is 137 cm³/mol. The molecule has 2 aromatic heterocycles. The Bertz CT molecular complexity index is 1310. The number of carbonyl (C=O) groups excluding carboxylic acids is 2. The number of fused-ring (bicyclic) bond motifs is 1. The van der Waals surface area contributed by atoms with E-state index in [2.05, 4.69) is 15.3 Å². The summed E-state index contributed by atoms with van der Waals surface area (Å²) in [4.78, 5) is 35.5. The van der Waals surface area contributed by atoms with Crippen molar-refractivity contribution in [3.05, 3.63) is 52.9 Å². The summed E-state index contributed by atoms with van der Waals surface area (Å²) < 4.78 is 45.6. The zero-order valence-electron chi connectivity index (χ0n) is 21.3. The SMILES string of the molecule is CC(C)(C)OC(=O)N1CCC(CCn2cnc3c(Cl)c(C(=O)Nc4ccc(C(F)(F)F)cc4)cnc32)CC1. The summed E-state index contributed by atoms with van der Waals surface area (Å²) in [6.07, 6.45) is 0.815. The van der Waals surface area contributed by atoms with Gasteiger partial charge in [-0.3, -0.25) is 4.79 Å². The Hall–Kier alpha value is -3.34. The van der Waals surface area contributed by atoms with E-state index in [-0.39, 0.29) is 22.4 Å². The Labute approximate surface area is 223 Å². The molecule has 8 nitrogen and oxygen atoms in total. The van der Waals surface area contributed by atoms with Crippen LogP contribution in [0.1, 0.15) is 56.0 Å². The number of hydrogen-bond donors (Lipinski definition) is 1. The van der Waals surface area contributed by atoms with Crippen LogP contribution < -0.4 is 5.32 Å². The van der Waals surface area contributed by atoms with Crippen molar-refractivity contribution in [2.45, 2.75) is 58.4 Å². The number of ether oxygens (including phenoxy) is 1. The molecule has 1 aromatic carbocycles. The van der Waals surface area contributed by atoms with E-state index in [0.717, 1.165) is 31.4 Å². The minimum absolute atomic E-state index is 0.0684. The number of alkyl halides is 3. The Morgan fingerprint density at radius 2 is 1.76 bits per heavy atom. The van der Waals surface area contributed by atoms with Gasteiger partial charge in [0.2, 0.25) is 0 Å². The summed E-state index contributed by atoms with van der Waals surface area (Å²) >= 11 is 6.47. The summed E-state index contributed by atoms with van der Waals surface area (Å²) in [5.74, 6) is -0.175. The van der Waals surface area contributed by atoms with Crippen LogP contribution in [-0.2, 0) is 17.5 Å². The van der Waals surface area contributed by atoms with Crippen LogP contribution in [0.4, 0.5) is 23.7 Å². The third kappa shape index (κ3) is 6.56. The molecule has 4 rings (SSSR count). The number of carbonyl (C=O) groups is 2. The van der Waals surface area contributed by atoms with E-state index in [1.165, 1.54) is 18.3 Å². The molecule has 1 aliphatic heterocycles. The molecule has 0 spiro atoms. The van der Waals surface area contributed by atoms with Crippen molar-refractivity contribution in [2.24, 2.45) is 5.92 Å². The molecule has 0 atom stereocenters. The molecule has 2 amide bonds. The molecular formula is C26H29ClF3N5O3. The summed E-state index contributed by atoms with van der Waals surface area (Å²) in [5, 5.41) is 2.65. The highest BCUT2D eigenvalue weighted by Gasteiger charge is 2.30. The van der Waals surface area contributed by atoms with E-state index >= 15 is 0 Å². The summed E-state index contributed by atoms with van der Waals surface area (Å²) in [6, 6.07) is 4.13. The number of anilines is 1. The first-order chi connectivity index (χ1) is 17.8. The van der Waals surface area contributed by atoms with Crippen molar-refractivity contribution in [1.29, 1.82) is 0 Å². The maximum Gasteiger partial charge on any atom is 0.416 e. The zero-order chi connectivity index (χ0) is 27.7. The first kappa shape index (κ1) is 27.7. The lowest BCUT2D eigenvalue weighted by Gasteiger charge is -2.33. The number of rotatable bonds is 5. The maximum atomic E-state index is 12.8. The van der Waals surface area contributed by atoms with E-state index < -0.39 is 23.2 Å². The molecular weight excluding hydrogens is 523 g/mol. The molecule has 1 aliphatic rings. The molecule has 204 valence electrons. The van der Waals surface area contributed by atoms with Crippen LogP contribution in [-0.4, -0.2) is 50.1 Å². The van der Waals surface area contributed by atoms with Crippen molar-refractivity contribution in [1.82, 2.24) is 19.4 Å². The van der Waals surface area contributed by atoms with Gasteiger partial charge in [-0.25, -0.2) is 14.8 Å². The van der Waals surface area contributed by atoms with Crippen LogP contribution in [0.5, 0.6) is 0 Å². The maximum absolute atomic E-state index is 12.8. The van der Waals surface area contributed by atoms with Gasteiger partial charge in [-0.2, -0.15) is 13.2 Å². The fraction of sp³-hybridized carbons (Fsp3) is 0.462. The lowest BCUT2D eigenvalue weighted by Crippen LogP contribution is -2.41. The quantitative estimate of drug-likeness (QED) is 0.397. The van der Waals surface area contributed by atoms with Crippen molar-refractivity contribution in [2.75, 3.05) is 18.4 Å². The van der Waals surface area contributed by atoms with Gasteiger partial charge in [-0.05, 0) is 70.2 Å². The van der Waals surface area contributed by atoms with Crippen LogP contribution in [0.25, 0.3) is 11.2 Å². The van der Waals surface area contributed by atoms with Crippen LogP contribution in [0.3, 0.4) is 0 Å². The number of amides is 2. The van der Waals surface area contributed by atoms with Crippen molar-refractivity contribution in [3.63, 3.8) is 0 Å². The van der Waals surface area contributed by atoms with Crippen molar-refractivity contribution < 1.29 is 27.5 Å². The van der Waals surface area contributed by atoms with E-state index in [4.69, 9.17) is 16.3 Å². The smallest absolute Gasteiger partial charge is 0.416 e. The van der Waals surface area contributed by atoms with Gasteiger partial charge < -0.3 is 19.5 Å². The number of nitrogens with one attached hydrogen (secondary N) is 1. The number of hydrogen-bond acceptors (Lipinski definition) is 5. The summed E-state index contributed by atoms with van der Waals surface area (Å²) in [6.45, 7) is 7.48. The lowest BCUT2D eigenvalue weighted by atomic mass is 9.94. The van der Waals surface area contributed by atoms with Crippen LogP contribution in [0.15, 0.2) is 36.8 Å². The molecule has 0 bridgehead atoms. The highest BCUT2D eigenvalue weighted by Crippen LogP contribution is 2.31. The van der Waals surface area contributed by atoms with E-state index in [1.54, 1.807) is 11.2 Å². The summed E-state index contributed by atoms with van der Waals surface area (Å²) in [5.41, 5.74) is -0.163. The van der Waals surface area contributed by atoms with Gasteiger partial charge in [0, 0.05) is 31.5 Å². The number of likely N-dealkylation sites (tertiary alicyclic amines) is 1. The molecule has 1 saturated heterocycles. The monoisotopic (exact) mass is 551 g/mol. The van der Waals surface area contributed by atoms with Crippen LogP contribution in [0, 0.1) is 5.92 Å². The summed E-state index contributed by atoms with van der Waals surface area (Å²) in [7, 11) is 0. The molecule has 1 N–H and O–H groups in total. The third-order valence-electron chi connectivity index (χ3n) is 6.33. The Balaban J connectivity index is 1.36. The molecule has 0 aliphatic carbocycles. The standard InChI is InChI=1S/C26H29ClF3N5O3/c1-25(2,3)38-24(37)34-11-8-16(9-12-34)10-13-35-15-32-21-20(27)19(14-31-22(21)35)23(36)33-18-6-4-17(5-7-18)26(28,29)30/h4-7,14-16H,8-13H2,1-3H3,(H,33,36). The highest BCUT2D eigenvalue weighted by molar-refractivity contribution is 6.38. The Morgan fingerprint density at radius 1 is 1.11 bits per heavy atom. The van der Waals surface area contributed by atoms with Crippen LogP contribution >= 0.6 is 11.6 Å². The average Bonchev–Trinajstić information content (AvgIpc) is 3.26. The highest BCUT2D eigenvalue weighted by atomic mass is 35.5. The van der Waals surface area contributed by atoms with Gasteiger partial charge in [0.1, 0.15) is 11.1 Å².